The van der Waals surface area contributed by atoms with E-state index in [4.69, 9.17) is 11.6 Å². The molecule has 0 aliphatic rings. The topological polar surface area (TPSA) is 49.3 Å². The van der Waals surface area contributed by atoms with Crippen LogP contribution in [0.25, 0.3) is 0 Å². The standard InChI is InChI=1S/C15H13BrClNO2/c16-11-6-7-12(14(19)8-11)15(20)18-13(9-17)10-4-2-1-3-5-10/h1-8,13,19H,9H2,(H,18,20). The van der Waals surface area contributed by atoms with E-state index >= 15 is 0 Å². The van der Waals surface area contributed by atoms with E-state index in [2.05, 4.69) is 21.2 Å². The van der Waals surface area contributed by atoms with Gasteiger partial charge in [-0.15, -0.1) is 11.6 Å². The van der Waals surface area contributed by atoms with Crippen molar-refractivity contribution in [2.75, 3.05) is 5.88 Å². The number of carbonyl (C=O) groups is 1. The fraction of sp³-hybridized carbons (Fsp3) is 0.133. The van der Waals surface area contributed by atoms with Crippen LogP contribution in [-0.2, 0) is 0 Å². The van der Waals surface area contributed by atoms with Crippen molar-refractivity contribution in [2.45, 2.75) is 6.04 Å². The molecule has 5 heteroatoms. The van der Waals surface area contributed by atoms with Gasteiger partial charge in [0, 0.05) is 10.4 Å². The number of benzene rings is 2. The van der Waals surface area contributed by atoms with Crippen LogP contribution in [0, 0.1) is 0 Å². The van der Waals surface area contributed by atoms with Crippen molar-refractivity contribution in [3.8, 4) is 5.75 Å². The van der Waals surface area contributed by atoms with Crippen molar-refractivity contribution in [2.24, 2.45) is 0 Å². The number of hydrogen-bond donors (Lipinski definition) is 2. The fourth-order valence-electron chi connectivity index (χ4n) is 1.83. The Hall–Kier alpha value is -1.52. The third-order valence-corrected chi connectivity index (χ3v) is 3.67. The molecule has 0 radical (unpaired) electrons. The van der Waals surface area contributed by atoms with Crippen molar-refractivity contribution >= 4 is 33.4 Å². The zero-order valence-electron chi connectivity index (χ0n) is 10.5. The number of phenols is 1. The molecule has 0 aromatic heterocycles. The second-order valence-corrected chi connectivity index (χ2v) is 5.48. The van der Waals surface area contributed by atoms with Gasteiger partial charge in [0.2, 0.25) is 0 Å². The fourth-order valence-corrected chi connectivity index (χ4v) is 2.43. The van der Waals surface area contributed by atoms with Gasteiger partial charge in [0.15, 0.2) is 0 Å². The van der Waals surface area contributed by atoms with E-state index in [1.807, 2.05) is 30.3 Å². The molecular formula is C15H13BrClNO2. The van der Waals surface area contributed by atoms with Gasteiger partial charge in [-0.3, -0.25) is 4.79 Å². The van der Waals surface area contributed by atoms with Gasteiger partial charge in [-0.25, -0.2) is 0 Å². The highest BCUT2D eigenvalue weighted by Crippen LogP contribution is 2.23. The van der Waals surface area contributed by atoms with E-state index < -0.39 is 0 Å². The minimum Gasteiger partial charge on any atom is -0.507 e. The molecule has 1 unspecified atom stereocenters. The van der Waals surface area contributed by atoms with Crippen molar-refractivity contribution in [3.63, 3.8) is 0 Å². The summed E-state index contributed by atoms with van der Waals surface area (Å²) in [6.45, 7) is 0. The maximum absolute atomic E-state index is 12.2. The molecule has 0 aliphatic heterocycles. The lowest BCUT2D eigenvalue weighted by Crippen LogP contribution is -2.29. The minimum absolute atomic E-state index is 0.0711. The molecule has 3 nitrogen and oxygen atoms in total. The summed E-state index contributed by atoms with van der Waals surface area (Å²) in [4.78, 5) is 12.2. The molecule has 20 heavy (non-hydrogen) atoms. The molecule has 2 aromatic rings. The predicted molar refractivity (Wildman–Crippen MR) is 83.2 cm³/mol. The van der Waals surface area contributed by atoms with Crippen LogP contribution in [0.4, 0.5) is 0 Å². The van der Waals surface area contributed by atoms with Crippen LogP contribution in [0.5, 0.6) is 5.75 Å². The maximum atomic E-state index is 12.2. The van der Waals surface area contributed by atoms with Crippen LogP contribution in [0.1, 0.15) is 22.0 Å². The number of carbonyl (C=O) groups excluding carboxylic acids is 1. The Kier molecular flexibility index (Phi) is 5.04. The summed E-state index contributed by atoms with van der Waals surface area (Å²) in [5.74, 6) is -0.171. The van der Waals surface area contributed by atoms with E-state index in [0.29, 0.717) is 4.47 Å². The van der Waals surface area contributed by atoms with Crippen molar-refractivity contribution in [1.82, 2.24) is 5.32 Å². The molecule has 0 saturated carbocycles. The van der Waals surface area contributed by atoms with Gasteiger partial charge in [0.1, 0.15) is 5.75 Å². The van der Waals surface area contributed by atoms with E-state index in [1.54, 1.807) is 12.1 Å². The lowest BCUT2D eigenvalue weighted by atomic mass is 10.1. The average molecular weight is 355 g/mol. The number of rotatable bonds is 4. The first-order valence-corrected chi connectivity index (χ1v) is 7.35. The Morgan fingerprint density at radius 1 is 1.25 bits per heavy atom. The highest BCUT2D eigenvalue weighted by molar-refractivity contribution is 9.10. The zero-order chi connectivity index (χ0) is 14.5. The van der Waals surface area contributed by atoms with Gasteiger partial charge < -0.3 is 10.4 Å². The Balaban J connectivity index is 2.17. The Bertz CT molecular complexity index is 604. The molecule has 0 aliphatic carbocycles. The summed E-state index contributed by atoms with van der Waals surface area (Å²) in [7, 11) is 0. The monoisotopic (exact) mass is 353 g/mol. The molecule has 0 fully saturated rings. The predicted octanol–water partition coefficient (Wildman–Crippen LogP) is 3.86. The molecule has 0 bridgehead atoms. The third-order valence-electron chi connectivity index (χ3n) is 2.87. The first-order chi connectivity index (χ1) is 9.61. The molecule has 0 heterocycles. The molecule has 1 amide bonds. The molecule has 1 atom stereocenters. The van der Waals surface area contributed by atoms with Crippen molar-refractivity contribution in [3.05, 3.63) is 64.1 Å². The number of halogens is 2. The smallest absolute Gasteiger partial charge is 0.255 e. The minimum atomic E-state index is -0.357. The molecule has 2 N–H and O–H groups in total. The molecule has 2 aromatic carbocycles. The summed E-state index contributed by atoms with van der Waals surface area (Å²) in [5.41, 5.74) is 1.15. The van der Waals surface area contributed by atoms with Gasteiger partial charge >= 0.3 is 0 Å². The van der Waals surface area contributed by atoms with Gasteiger partial charge in [-0.1, -0.05) is 46.3 Å². The Morgan fingerprint density at radius 2 is 1.95 bits per heavy atom. The van der Waals surface area contributed by atoms with E-state index in [9.17, 15) is 9.90 Å². The first kappa shape index (κ1) is 14.9. The second-order valence-electron chi connectivity index (χ2n) is 4.25. The SMILES string of the molecule is O=C(NC(CCl)c1ccccc1)c1ccc(Br)cc1O. The molecule has 0 saturated heterocycles. The van der Waals surface area contributed by atoms with Crippen molar-refractivity contribution < 1.29 is 9.90 Å². The number of phenolic OH excluding ortho intramolecular Hbond substituents is 1. The Labute approximate surface area is 130 Å². The maximum Gasteiger partial charge on any atom is 0.255 e. The molecule has 0 spiro atoms. The quantitative estimate of drug-likeness (QED) is 0.819. The largest absolute Gasteiger partial charge is 0.507 e. The molecular weight excluding hydrogens is 342 g/mol. The highest BCUT2D eigenvalue weighted by Gasteiger charge is 2.17. The summed E-state index contributed by atoms with van der Waals surface area (Å²) in [6.07, 6.45) is 0. The normalized spacial score (nSPS) is 11.9. The summed E-state index contributed by atoms with van der Waals surface area (Å²) in [6, 6.07) is 13.9. The van der Waals surface area contributed by atoms with Crippen molar-refractivity contribution in [1.29, 1.82) is 0 Å². The van der Waals surface area contributed by atoms with Gasteiger partial charge in [-0.05, 0) is 23.8 Å². The lowest BCUT2D eigenvalue weighted by molar-refractivity contribution is 0.0937. The lowest BCUT2D eigenvalue weighted by Gasteiger charge is -2.17. The number of nitrogens with one attached hydrogen (secondary N) is 1. The molecule has 2 rings (SSSR count). The van der Waals surface area contributed by atoms with Crippen LogP contribution in [0.15, 0.2) is 53.0 Å². The molecule has 104 valence electrons. The van der Waals surface area contributed by atoms with Crippen LogP contribution >= 0.6 is 27.5 Å². The summed E-state index contributed by atoms with van der Waals surface area (Å²) in [5, 5.41) is 12.6. The van der Waals surface area contributed by atoms with Gasteiger partial charge in [0.05, 0.1) is 11.6 Å². The zero-order valence-corrected chi connectivity index (χ0v) is 12.9. The van der Waals surface area contributed by atoms with Gasteiger partial charge in [-0.2, -0.15) is 0 Å². The van der Waals surface area contributed by atoms with Crippen LogP contribution in [0.2, 0.25) is 0 Å². The summed E-state index contributed by atoms with van der Waals surface area (Å²) >= 11 is 9.15. The van der Waals surface area contributed by atoms with Crippen LogP contribution in [-0.4, -0.2) is 16.9 Å². The van der Waals surface area contributed by atoms with E-state index in [0.717, 1.165) is 5.56 Å². The number of amides is 1. The third kappa shape index (κ3) is 3.52. The Morgan fingerprint density at radius 3 is 2.55 bits per heavy atom. The van der Waals surface area contributed by atoms with E-state index in [1.165, 1.54) is 6.07 Å². The van der Waals surface area contributed by atoms with Gasteiger partial charge in [0.25, 0.3) is 5.91 Å². The summed E-state index contributed by atoms with van der Waals surface area (Å²) < 4.78 is 0.712. The first-order valence-electron chi connectivity index (χ1n) is 6.02. The number of aromatic hydroxyl groups is 1. The average Bonchev–Trinajstić information content (AvgIpc) is 2.45. The van der Waals surface area contributed by atoms with Crippen LogP contribution < -0.4 is 5.32 Å². The van der Waals surface area contributed by atoms with E-state index in [-0.39, 0.29) is 29.1 Å². The number of alkyl halides is 1. The van der Waals surface area contributed by atoms with Crippen LogP contribution in [0.3, 0.4) is 0 Å². The number of hydrogen-bond acceptors (Lipinski definition) is 2. The highest BCUT2D eigenvalue weighted by atomic mass is 79.9. The second kappa shape index (κ2) is 6.77.